The molecule has 180 valence electrons. The van der Waals surface area contributed by atoms with Gasteiger partial charge < -0.3 is 24.1 Å². The number of carbonyl (C=O) groups is 2. The van der Waals surface area contributed by atoms with Crippen molar-refractivity contribution < 1.29 is 28.4 Å². The van der Waals surface area contributed by atoms with Crippen molar-refractivity contribution in [3.63, 3.8) is 0 Å². The first-order valence-electron chi connectivity index (χ1n) is 11.4. The van der Waals surface area contributed by atoms with E-state index >= 15 is 0 Å². The number of rotatable bonds is 8. The Hall–Kier alpha value is -3.10. The van der Waals surface area contributed by atoms with E-state index in [2.05, 4.69) is 5.32 Å². The monoisotopic (exact) mass is 465 g/mol. The van der Waals surface area contributed by atoms with Gasteiger partial charge in [0.15, 0.2) is 0 Å². The Kier molecular flexibility index (Phi) is 8.17. The lowest BCUT2D eigenvalue weighted by Gasteiger charge is -2.32. The van der Waals surface area contributed by atoms with E-state index in [1.807, 2.05) is 76.2 Å². The second-order valence-electron chi connectivity index (χ2n) is 9.07. The molecule has 1 N–H and O–H groups in total. The second kappa shape index (κ2) is 10.9. The standard InChI is InChI=1S/C26H32BNO6/c1-6-31-23(29)21-14-12-19(13-15-21)16-22(27-33-25(2,3)26(4,5)34-27)17-28-24(30)32-18-20-10-8-7-9-11-20/h7-16H,6,17-18H2,1-5H3,(H,28,30). The minimum absolute atomic E-state index is 0.171. The average Bonchev–Trinajstić information content (AvgIpc) is 3.03. The van der Waals surface area contributed by atoms with Crippen LogP contribution < -0.4 is 5.32 Å². The zero-order valence-electron chi connectivity index (χ0n) is 20.4. The third kappa shape index (κ3) is 6.49. The molecule has 0 bridgehead atoms. The quantitative estimate of drug-likeness (QED) is 0.445. The fourth-order valence-corrected chi connectivity index (χ4v) is 3.29. The summed E-state index contributed by atoms with van der Waals surface area (Å²) in [6.07, 6.45) is 1.35. The number of nitrogens with one attached hydrogen (secondary N) is 1. The summed E-state index contributed by atoms with van der Waals surface area (Å²) in [6, 6.07) is 16.5. The number of alkyl carbamates (subject to hydrolysis) is 1. The van der Waals surface area contributed by atoms with E-state index in [4.69, 9.17) is 18.8 Å². The molecular formula is C26H32BNO6. The highest BCUT2D eigenvalue weighted by Gasteiger charge is 2.52. The molecule has 2 aromatic carbocycles. The summed E-state index contributed by atoms with van der Waals surface area (Å²) in [4.78, 5) is 24.3. The lowest BCUT2D eigenvalue weighted by molar-refractivity contribution is 0.00578. The van der Waals surface area contributed by atoms with Crippen molar-refractivity contribution in [3.8, 4) is 0 Å². The largest absolute Gasteiger partial charge is 0.492 e. The zero-order valence-corrected chi connectivity index (χ0v) is 20.4. The van der Waals surface area contributed by atoms with Crippen LogP contribution in [0.4, 0.5) is 4.79 Å². The molecule has 1 saturated heterocycles. The van der Waals surface area contributed by atoms with Crippen LogP contribution in [0.3, 0.4) is 0 Å². The van der Waals surface area contributed by atoms with Crippen LogP contribution in [0, 0.1) is 0 Å². The number of amides is 1. The number of ether oxygens (including phenoxy) is 2. The summed E-state index contributed by atoms with van der Waals surface area (Å²) in [7, 11) is -0.649. The van der Waals surface area contributed by atoms with E-state index in [0.29, 0.717) is 12.2 Å². The maximum atomic E-state index is 12.3. The summed E-state index contributed by atoms with van der Waals surface area (Å²) < 4.78 is 22.8. The van der Waals surface area contributed by atoms with E-state index in [1.54, 1.807) is 19.1 Å². The van der Waals surface area contributed by atoms with Gasteiger partial charge >= 0.3 is 19.2 Å². The van der Waals surface area contributed by atoms with E-state index in [-0.39, 0.29) is 19.1 Å². The maximum absolute atomic E-state index is 12.3. The Bertz CT molecular complexity index is 1000. The fourth-order valence-electron chi connectivity index (χ4n) is 3.29. The summed E-state index contributed by atoms with van der Waals surface area (Å²) in [6.45, 7) is 10.3. The molecule has 0 spiro atoms. The van der Waals surface area contributed by atoms with Crippen LogP contribution in [-0.2, 0) is 25.4 Å². The smallest absolute Gasteiger partial charge is 0.462 e. The highest BCUT2D eigenvalue weighted by molar-refractivity contribution is 6.56. The molecule has 1 heterocycles. The normalized spacial score (nSPS) is 16.7. The Morgan fingerprint density at radius 1 is 0.941 bits per heavy atom. The third-order valence-electron chi connectivity index (χ3n) is 5.98. The summed E-state index contributed by atoms with van der Waals surface area (Å²) in [5.74, 6) is -0.368. The molecule has 0 aliphatic carbocycles. The van der Waals surface area contributed by atoms with Gasteiger partial charge in [0.2, 0.25) is 0 Å². The van der Waals surface area contributed by atoms with E-state index in [9.17, 15) is 9.59 Å². The number of benzene rings is 2. The molecule has 0 unspecified atom stereocenters. The van der Waals surface area contributed by atoms with Crippen molar-refractivity contribution in [2.45, 2.75) is 52.4 Å². The van der Waals surface area contributed by atoms with Gasteiger partial charge in [-0.1, -0.05) is 48.5 Å². The van der Waals surface area contributed by atoms with Crippen LogP contribution >= 0.6 is 0 Å². The summed E-state index contributed by atoms with van der Waals surface area (Å²) in [5.41, 5.74) is 1.87. The van der Waals surface area contributed by atoms with Crippen molar-refractivity contribution in [2.24, 2.45) is 0 Å². The fraction of sp³-hybridized carbons (Fsp3) is 0.385. The Labute approximate surface area is 201 Å². The molecule has 1 fully saturated rings. The SMILES string of the molecule is CCOC(=O)c1ccc(C=C(CNC(=O)OCc2ccccc2)B2OC(C)(C)C(C)(C)O2)cc1. The van der Waals surface area contributed by atoms with Gasteiger partial charge in [0, 0.05) is 6.54 Å². The van der Waals surface area contributed by atoms with E-state index in [0.717, 1.165) is 16.6 Å². The second-order valence-corrected chi connectivity index (χ2v) is 9.07. The summed E-state index contributed by atoms with van der Waals surface area (Å²) in [5, 5.41) is 2.79. The molecule has 1 aliphatic rings. The molecule has 34 heavy (non-hydrogen) atoms. The van der Waals surface area contributed by atoms with Gasteiger partial charge in [-0.05, 0) is 63.4 Å². The first-order chi connectivity index (χ1) is 16.1. The molecule has 0 aromatic heterocycles. The number of hydrogen-bond donors (Lipinski definition) is 1. The Morgan fingerprint density at radius 3 is 2.15 bits per heavy atom. The average molecular weight is 465 g/mol. The number of hydrogen-bond acceptors (Lipinski definition) is 6. The van der Waals surface area contributed by atoms with Gasteiger partial charge in [-0.15, -0.1) is 0 Å². The number of carbonyl (C=O) groups excluding carboxylic acids is 2. The molecular weight excluding hydrogens is 433 g/mol. The first-order valence-corrected chi connectivity index (χ1v) is 11.4. The first kappa shape index (κ1) is 25.5. The van der Waals surface area contributed by atoms with Gasteiger partial charge in [-0.25, -0.2) is 9.59 Å². The minimum Gasteiger partial charge on any atom is -0.462 e. The third-order valence-corrected chi connectivity index (χ3v) is 5.98. The molecule has 0 atom stereocenters. The highest BCUT2D eigenvalue weighted by atomic mass is 16.7. The molecule has 2 aromatic rings. The van der Waals surface area contributed by atoms with Crippen molar-refractivity contribution in [1.82, 2.24) is 5.32 Å². The van der Waals surface area contributed by atoms with Gasteiger partial charge in [0.05, 0.1) is 23.4 Å². The van der Waals surface area contributed by atoms with E-state index < -0.39 is 24.4 Å². The Morgan fingerprint density at radius 2 is 1.56 bits per heavy atom. The predicted molar refractivity (Wildman–Crippen MR) is 131 cm³/mol. The molecule has 3 rings (SSSR count). The molecule has 1 amide bonds. The van der Waals surface area contributed by atoms with Gasteiger partial charge in [0.1, 0.15) is 6.61 Å². The van der Waals surface area contributed by atoms with Crippen LogP contribution in [0.1, 0.15) is 56.1 Å². The molecule has 0 saturated carbocycles. The van der Waals surface area contributed by atoms with Crippen LogP contribution in [-0.4, -0.2) is 43.5 Å². The van der Waals surface area contributed by atoms with Gasteiger partial charge in [0.25, 0.3) is 0 Å². The van der Waals surface area contributed by atoms with Gasteiger partial charge in [-0.3, -0.25) is 0 Å². The zero-order chi connectivity index (χ0) is 24.8. The molecule has 7 nitrogen and oxygen atoms in total. The van der Waals surface area contributed by atoms with Gasteiger partial charge in [-0.2, -0.15) is 0 Å². The van der Waals surface area contributed by atoms with Crippen LogP contribution in [0.25, 0.3) is 6.08 Å². The van der Waals surface area contributed by atoms with Crippen molar-refractivity contribution in [3.05, 3.63) is 76.8 Å². The van der Waals surface area contributed by atoms with Crippen LogP contribution in [0.5, 0.6) is 0 Å². The lowest BCUT2D eigenvalue weighted by Crippen LogP contribution is -2.41. The minimum atomic E-state index is -0.649. The Balaban J connectivity index is 1.73. The molecule has 1 aliphatic heterocycles. The predicted octanol–water partition coefficient (Wildman–Crippen LogP) is 4.80. The van der Waals surface area contributed by atoms with Crippen molar-refractivity contribution in [1.29, 1.82) is 0 Å². The maximum Gasteiger partial charge on any atom is 0.492 e. The molecule has 0 radical (unpaired) electrons. The molecule has 8 heteroatoms. The van der Waals surface area contributed by atoms with Crippen LogP contribution in [0.15, 0.2) is 60.1 Å². The van der Waals surface area contributed by atoms with Crippen molar-refractivity contribution in [2.75, 3.05) is 13.2 Å². The highest BCUT2D eigenvalue weighted by Crippen LogP contribution is 2.38. The summed E-state index contributed by atoms with van der Waals surface area (Å²) >= 11 is 0. The van der Waals surface area contributed by atoms with Crippen molar-refractivity contribution >= 4 is 25.3 Å². The number of esters is 1. The van der Waals surface area contributed by atoms with E-state index in [1.165, 1.54) is 0 Å². The van der Waals surface area contributed by atoms with Crippen LogP contribution in [0.2, 0.25) is 0 Å². The lowest BCUT2D eigenvalue weighted by atomic mass is 9.77. The topological polar surface area (TPSA) is 83.1 Å².